The molecule has 4 nitrogen and oxygen atoms in total. The molecule has 1 heterocycles. The number of rotatable bonds is 3. The van der Waals surface area contributed by atoms with Gasteiger partial charge in [0.25, 0.3) is 5.91 Å². The minimum atomic E-state index is -0.0497. The van der Waals surface area contributed by atoms with E-state index in [1.165, 1.54) is 5.56 Å². The first kappa shape index (κ1) is 15.7. The Morgan fingerprint density at radius 2 is 2.04 bits per heavy atom. The second kappa shape index (κ2) is 6.94. The van der Waals surface area contributed by atoms with E-state index in [9.17, 15) is 4.79 Å². The topological polar surface area (TPSA) is 50.4 Å². The molecule has 0 aromatic heterocycles. The Balaban J connectivity index is 1.89. The number of aryl methyl sites for hydroxylation is 1. The Morgan fingerprint density at radius 1 is 1.22 bits per heavy atom. The molecule has 0 bridgehead atoms. The summed E-state index contributed by atoms with van der Waals surface area (Å²) in [7, 11) is 1.65. The van der Waals surface area contributed by atoms with Crippen LogP contribution in [0.25, 0.3) is 11.1 Å². The molecule has 2 N–H and O–H groups in total. The smallest absolute Gasteiger partial charge is 0.251 e. The molecule has 0 saturated carbocycles. The van der Waals surface area contributed by atoms with Gasteiger partial charge >= 0.3 is 0 Å². The molecule has 2 aromatic carbocycles. The first-order valence-corrected chi connectivity index (χ1v) is 7.93. The van der Waals surface area contributed by atoms with E-state index in [0.29, 0.717) is 6.61 Å². The second-order valence-electron chi connectivity index (χ2n) is 5.82. The molecular weight excluding hydrogens is 288 g/mol. The Kier molecular flexibility index (Phi) is 4.74. The van der Waals surface area contributed by atoms with Crippen LogP contribution in [-0.2, 0) is 4.74 Å². The van der Waals surface area contributed by atoms with E-state index in [4.69, 9.17) is 4.74 Å². The largest absolute Gasteiger partial charge is 0.378 e. The monoisotopic (exact) mass is 310 g/mol. The number of hydrogen-bond donors (Lipinski definition) is 2. The maximum absolute atomic E-state index is 11.8. The van der Waals surface area contributed by atoms with Crippen LogP contribution in [0.1, 0.15) is 27.5 Å². The molecule has 3 rings (SSSR count). The van der Waals surface area contributed by atoms with E-state index in [1.54, 1.807) is 7.05 Å². The Morgan fingerprint density at radius 3 is 2.74 bits per heavy atom. The molecule has 0 radical (unpaired) electrons. The molecule has 1 unspecified atom stereocenters. The van der Waals surface area contributed by atoms with E-state index in [2.05, 4.69) is 41.0 Å². The lowest BCUT2D eigenvalue weighted by Gasteiger charge is -2.24. The number of benzene rings is 2. The van der Waals surface area contributed by atoms with Gasteiger partial charge in [0, 0.05) is 19.2 Å². The van der Waals surface area contributed by atoms with Gasteiger partial charge in [-0.05, 0) is 41.3 Å². The Hall–Kier alpha value is -2.17. The summed E-state index contributed by atoms with van der Waals surface area (Å²) in [5, 5.41) is 6.15. The molecule has 23 heavy (non-hydrogen) atoms. The number of carbonyl (C=O) groups is 1. The van der Waals surface area contributed by atoms with Gasteiger partial charge in [-0.2, -0.15) is 0 Å². The van der Waals surface area contributed by atoms with Gasteiger partial charge in [0.2, 0.25) is 0 Å². The zero-order valence-corrected chi connectivity index (χ0v) is 13.6. The Bertz CT molecular complexity index is 706. The highest BCUT2D eigenvalue weighted by Crippen LogP contribution is 2.26. The summed E-state index contributed by atoms with van der Waals surface area (Å²) in [6.07, 6.45) is 0. The van der Waals surface area contributed by atoms with Crippen molar-refractivity contribution in [1.29, 1.82) is 0 Å². The third-order valence-corrected chi connectivity index (χ3v) is 4.24. The lowest BCUT2D eigenvalue weighted by atomic mass is 9.96. The van der Waals surface area contributed by atoms with E-state index in [0.717, 1.165) is 35.4 Å². The van der Waals surface area contributed by atoms with Crippen molar-refractivity contribution in [3.8, 4) is 11.1 Å². The average molecular weight is 310 g/mol. The number of hydrogen-bond acceptors (Lipinski definition) is 3. The fourth-order valence-electron chi connectivity index (χ4n) is 2.95. The highest BCUT2D eigenvalue weighted by atomic mass is 16.5. The molecule has 4 heteroatoms. The first-order valence-electron chi connectivity index (χ1n) is 7.93. The van der Waals surface area contributed by atoms with E-state index >= 15 is 0 Å². The summed E-state index contributed by atoms with van der Waals surface area (Å²) < 4.78 is 5.55. The zero-order valence-electron chi connectivity index (χ0n) is 13.6. The van der Waals surface area contributed by atoms with Gasteiger partial charge in [0.1, 0.15) is 0 Å². The van der Waals surface area contributed by atoms with E-state index in [1.807, 2.05) is 19.1 Å². The Labute approximate surface area is 136 Å². The van der Waals surface area contributed by atoms with Crippen molar-refractivity contribution in [2.45, 2.75) is 13.0 Å². The molecule has 0 aliphatic carbocycles. The van der Waals surface area contributed by atoms with Crippen molar-refractivity contribution in [3.05, 3.63) is 59.2 Å². The van der Waals surface area contributed by atoms with Gasteiger partial charge in [-0.3, -0.25) is 4.79 Å². The normalized spacial score (nSPS) is 17.7. The van der Waals surface area contributed by atoms with Crippen molar-refractivity contribution in [3.63, 3.8) is 0 Å². The van der Waals surface area contributed by atoms with E-state index < -0.39 is 0 Å². The lowest BCUT2D eigenvalue weighted by Crippen LogP contribution is -2.34. The number of nitrogens with one attached hydrogen (secondary N) is 2. The maximum Gasteiger partial charge on any atom is 0.251 e. The molecular formula is C19H22N2O2. The van der Waals surface area contributed by atoms with Crippen molar-refractivity contribution in [1.82, 2.24) is 10.6 Å². The van der Waals surface area contributed by atoms with Gasteiger partial charge in [-0.1, -0.05) is 30.3 Å². The highest BCUT2D eigenvalue weighted by molar-refractivity contribution is 5.96. The summed E-state index contributed by atoms with van der Waals surface area (Å²) >= 11 is 0. The van der Waals surface area contributed by atoms with Crippen LogP contribution in [0, 0.1) is 6.92 Å². The van der Waals surface area contributed by atoms with Crippen LogP contribution in [0.2, 0.25) is 0 Å². The van der Waals surface area contributed by atoms with Crippen LogP contribution in [0.3, 0.4) is 0 Å². The summed E-state index contributed by atoms with van der Waals surface area (Å²) in [6.45, 7) is 4.33. The summed E-state index contributed by atoms with van der Waals surface area (Å²) in [6, 6.07) is 14.7. The predicted molar refractivity (Wildman–Crippen MR) is 91.6 cm³/mol. The quantitative estimate of drug-likeness (QED) is 0.916. The third-order valence-electron chi connectivity index (χ3n) is 4.24. The van der Waals surface area contributed by atoms with Crippen molar-refractivity contribution in [2.24, 2.45) is 0 Å². The standard InChI is InChI=1S/C19H22N2O2/c1-13-10-15(6-7-17(13)19(22)20-2)14-4-3-5-16(11-14)18-12-23-9-8-21-18/h3-7,10-11,18,21H,8-9,12H2,1-2H3,(H,20,22). The molecule has 0 spiro atoms. The SMILES string of the molecule is CNC(=O)c1ccc(-c2cccc(C3COCCN3)c2)cc1C. The van der Waals surface area contributed by atoms with E-state index in [-0.39, 0.29) is 11.9 Å². The fourth-order valence-corrected chi connectivity index (χ4v) is 2.95. The molecule has 1 atom stereocenters. The average Bonchev–Trinajstić information content (AvgIpc) is 2.62. The molecule has 2 aromatic rings. The predicted octanol–water partition coefficient (Wildman–Crippen LogP) is 2.68. The molecule has 1 aliphatic heterocycles. The minimum absolute atomic E-state index is 0.0497. The van der Waals surface area contributed by atoms with Gasteiger partial charge < -0.3 is 15.4 Å². The van der Waals surface area contributed by atoms with Gasteiger partial charge in [0.05, 0.1) is 19.3 Å². The molecule has 1 saturated heterocycles. The summed E-state index contributed by atoms with van der Waals surface area (Å²) in [5.74, 6) is -0.0497. The molecule has 120 valence electrons. The number of amides is 1. The fraction of sp³-hybridized carbons (Fsp3) is 0.316. The third kappa shape index (κ3) is 3.44. The lowest BCUT2D eigenvalue weighted by molar-refractivity contribution is 0.0769. The van der Waals surface area contributed by atoms with Crippen LogP contribution in [0.4, 0.5) is 0 Å². The number of ether oxygens (including phenoxy) is 1. The van der Waals surface area contributed by atoms with Crippen LogP contribution in [0.5, 0.6) is 0 Å². The summed E-state index contributed by atoms with van der Waals surface area (Å²) in [4.78, 5) is 11.8. The minimum Gasteiger partial charge on any atom is -0.378 e. The maximum atomic E-state index is 11.8. The van der Waals surface area contributed by atoms with Crippen molar-refractivity contribution >= 4 is 5.91 Å². The van der Waals surface area contributed by atoms with Crippen LogP contribution in [0.15, 0.2) is 42.5 Å². The summed E-state index contributed by atoms with van der Waals surface area (Å²) in [5.41, 5.74) is 5.20. The van der Waals surface area contributed by atoms with Crippen LogP contribution >= 0.6 is 0 Å². The zero-order chi connectivity index (χ0) is 16.2. The van der Waals surface area contributed by atoms with Crippen molar-refractivity contribution < 1.29 is 9.53 Å². The van der Waals surface area contributed by atoms with Gasteiger partial charge in [-0.15, -0.1) is 0 Å². The number of carbonyl (C=O) groups excluding carboxylic acids is 1. The first-order chi connectivity index (χ1) is 11.2. The molecule has 1 fully saturated rings. The molecule has 1 amide bonds. The van der Waals surface area contributed by atoms with Gasteiger partial charge in [-0.25, -0.2) is 0 Å². The molecule has 1 aliphatic rings. The highest BCUT2D eigenvalue weighted by Gasteiger charge is 2.16. The number of morpholine rings is 1. The second-order valence-corrected chi connectivity index (χ2v) is 5.82. The van der Waals surface area contributed by atoms with Crippen molar-refractivity contribution in [2.75, 3.05) is 26.8 Å². The van der Waals surface area contributed by atoms with Crippen LogP contribution in [-0.4, -0.2) is 32.7 Å². The van der Waals surface area contributed by atoms with Gasteiger partial charge in [0.15, 0.2) is 0 Å². The van der Waals surface area contributed by atoms with Crippen LogP contribution < -0.4 is 10.6 Å².